The minimum absolute atomic E-state index is 0.311. The predicted molar refractivity (Wildman–Crippen MR) is 63.5 cm³/mol. The average Bonchev–Trinajstić information content (AvgIpc) is 2.74. The Balaban J connectivity index is 1.85. The summed E-state index contributed by atoms with van der Waals surface area (Å²) < 4.78 is 5.00. The van der Waals surface area contributed by atoms with Gasteiger partial charge in [-0.1, -0.05) is 30.3 Å². The molecule has 0 atom stereocenters. The summed E-state index contributed by atoms with van der Waals surface area (Å²) in [7, 11) is 0. The van der Waals surface area contributed by atoms with E-state index >= 15 is 0 Å². The highest BCUT2D eigenvalue weighted by atomic mass is 16.4. The van der Waals surface area contributed by atoms with Crippen molar-refractivity contribution in [3.8, 4) is 0 Å². The zero-order valence-corrected chi connectivity index (χ0v) is 9.43. The van der Waals surface area contributed by atoms with Crippen LogP contribution in [0.25, 0.3) is 0 Å². The van der Waals surface area contributed by atoms with Crippen LogP contribution in [0.1, 0.15) is 11.3 Å². The second kappa shape index (κ2) is 5.16. The molecule has 2 N–H and O–H groups in total. The molecule has 5 nitrogen and oxygen atoms in total. The zero-order chi connectivity index (χ0) is 12.1. The van der Waals surface area contributed by atoms with E-state index in [4.69, 9.17) is 4.42 Å². The molecule has 0 bridgehead atoms. The van der Waals surface area contributed by atoms with Crippen LogP contribution < -0.4 is 10.6 Å². The predicted octanol–water partition coefficient (Wildman–Crippen LogP) is 2.30. The Hall–Kier alpha value is -2.30. The summed E-state index contributed by atoms with van der Waals surface area (Å²) >= 11 is 0. The molecule has 5 heteroatoms. The van der Waals surface area contributed by atoms with Crippen LogP contribution in [0, 0.1) is 6.92 Å². The van der Waals surface area contributed by atoms with Crippen molar-refractivity contribution in [3.63, 3.8) is 0 Å². The highest BCUT2D eigenvalue weighted by Gasteiger charge is 2.07. The molecule has 1 aromatic heterocycles. The molecule has 2 aromatic rings. The van der Waals surface area contributed by atoms with Crippen molar-refractivity contribution in [1.29, 1.82) is 0 Å². The SMILES string of the molecule is Cc1ncoc1NC(=O)NCc1ccccc1. The Bertz CT molecular complexity index is 493. The summed E-state index contributed by atoms with van der Waals surface area (Å²) in [6.07, 6.45) is 1.29. The van der Waals surface area contributed by atoms with Crippen molar-refractivity contribution in [1.82, 2.24) is 10.3 Å². The fourth-order valence-corrected chi connectivity index (χ4v) is 1.35. The van der Waals surface area contributed by atoms with Crippen LogP contribution >= 0.6 is 0 Å². The Morgan fingerprint density at radius 2 is 2.12 bits per heavy atom. The quantitative estimate of drug-likeness (QED) is 0.851. The lowest BCUT2D eigenvalue weighted by Crippen LogP contribution is -2.28. The molecule has 0 aliphatic rings. The van der Waals surface area contributed by atoms with Crippen LogP contribution in [0.4, 0.5) is 10.7 Å². The molecule has 2 amide bonds. The van der Waals surface area contributed by atoms with E-state index in [0.717, 1.165) is 5.56 Å². The average molecular weight is 231 g/mol. The van der Waals surface area contributed by atoms with Gasteiger partial charge in [0.1, 0.15) is 5.69 Å². The maximum absolute atomic E-state index is 11.5. The number of nitrogens with zero attached hydrogens (tertiary/aromatic N) is 1. The molecule has 1 heterocycles. The molecular formula is C12H13N3O2. The summed E-state index contributed by atoms with van der Waals surface area (Å²) in [6.45, 7) is 2.23. The van der Waals surface area contributed by atoms with E-state index < -0.39 is 0 Å². The van der Waals surface area contributed by atoms with Gasteiger partial charge in [-0.25, -0.2) is 9.78 Å². The normalized spacial score (nSPS) is 9.94. The third kappa shape index (κ3) is 3.07. The number of nitrogens with one attached hydrogen (secondary N) is 2. The fraction of sp³-hybridized carbons (Fsp3) is 0.167. The first-order valence-electron chi connectivity index (χ1n) is 5.24. The number of hydrogen-bond acceptors (Lipinski definition) is 3. The number of carbonyl (C=O) groups excluding carboxylic acids is 1. The number of benzene rings is 1. The Kier molecular flexibility index (Phi) is 3.40. The summed E-state index contributed by atoms with van der Waals surface area (Å²) in [4.78, 5) is 15.4. The first-order valence-corrected chi connectivity index (χ1v) is 5.24. The molecule has 2 rings (SSSR count). The van der Waals surface area contributed by atoms with Gasteiger partial charge >= 0.3 is 6.03 Å². The maximum atomic E-state index is 11.5. The largest absolute Gasteiger partial charge is 0.427 e. The van der Waals surface area contributed by atoms with Gasteiger partial charge in [-0.05, 0) is 12.5 Å². The number of oxazole rings is 1. The van der Waals surface area contributed by atoms with Crippen LogP contribution in [-0.2, 0) is 6.54 Å². The van der Waals surface area contributed by atoms with E-state index in [9.17, 15) is 4.79 Å². The molecule has 0 aliphatic heterocycles. The van der Waals surface area contributed by atoms with Crippen LogP contribution in [0.2, 0.25) is 0 Å². The Morgan fingerprint density at radius 1 is 1.35 bits per heavy atom. The molecule has 0 saturated heterocycles. The van der Waals surface area contributed by atoms with E-state index in [1.165, 1.54) is 6.39 Å². The molecule has 0 spiro atoms. The number of carbonyl (C=O) groups is 1. The second-order valence-corrected chi connectivity index (χ2v) is 3.56. The highest BCUT2D eigenvalue weighted by molar-refractivity contribution is 5.88. The zero-order valence-electron chi connectivity index (χ0n) is 9.43. The Morgan fingerprint density at radius 3 is 2.76 bits per heavy atom. The maximum Gasteiger partial charge on any atom is 0.321 e. The number of aromatic nitrogens is 1. The van der Waals surface area contributed by atoms with Crippen LogP contribution in [0.5, 0.6) is 0 Å². The van der Waals surface area contributed by atoms with Gasteiger partial charge in [0, 0.05) is 6.54 Å². The van der Waals surface area contributed by atoms with E-state index in [1.807, 2.05) is 30.3 Å². The van der Waals surface area contributed by atoms with Gasteiger partial charge in [0.2, 0.25) is 5.88 Å². The topological polar surface area (TPSA) is 67.2 Å². The van der Waals surface area contributed by atoms with Gasteiger partial charge in [-0.15, -0.1) is 0 Å². The van der Waals surface area contributed by atoms with Gasteiger partial charge in [0.25, 0.3) is 0 Å². The number of rotatable bonds is 3. The van der Waals surface area contributed by atoms with E-state index in [2.05, 4.69) is 15.6 Å². The summed E-state index contributed by atoms with van der Waals surface area (Å²) in [5, 5.41) is 5.31. The molecule has 1 aromatic carbocycles. The van der Waals surface area contributed by atoms with Gasteiger partial charge in [0.05, 0.1) is 0 Å². The van der Waals surface area contributed by atoms with Crippen molar-refractivity contribution in [2.75, 3.05) is 5.32 Å². The number of urea groups is 1. The summed E-state index contributed by atoms with van der Waals surface area (Å²) in [5.74, 6) is 0.371. The number of anilines is 1. The molecule has 0 aliphatic carbocycles. The molecule has 0 saturated carbocycles. The van der Waals surface area contributed by atoms with Gasteiger partial charge in [0.15, 0.2) is 6.39 Å². The third-order valence-corrected chi connectivity index (χ3v) is 2.27. The lowest BCUT2D eigenvalue weighted by atomic mass is 10.2. The molecule has 0 fully saturated rings. The minimum atomic E-state index is -0.311. The van der Waals surface area contributed by atoms with Gasteiger partial charge in [-0.2, -0.15) is 0 Å². The van der Waals surface area contributed by atoms with Crippen LogP contribution in [-0.4, -0.2) is 11.0 Å². The molecule has 0 radical (unpaired) electrons. The first kappa shape index (κ1) is 11.2. The lowest BCUT2D eigenvalue weighted by Gasteiger charge is -2.05. The van der Waals surface area contributed by atoms with Gasteiger partial charge < -0.3 is 9.73 Å². The van der Waals surface area contributed by atoms with Crippen molar-refractivity contribution >= 4 is 11.9 Å². The van der Waals surface area contributed by atoms with E-state index in [0.29, 0.717) is 18.1 Å². The number of hydrogen-bond donors (Lipinski definition) is 2. The summed E-state index contributed by atoms with van der Waals surface area (Å²) in [5.41, 5.74) is 1.69. The van der Waals surface area contributed by atoms with E-state index in [-0.39, 0.29) is 6.03 Å². The molecule has 88 valence electrons. The number of aryl methyl sites for hydroxylation is 1. The monoisotopic (exact) mass is 231 g/mol. The highest BCUT2D eigenvalue weighted by Crippen LogP contribution is 2.10. The van der Waals surface area contributed by atoms with Crippen LogP contribution in [0.15, 0.2) is 41.1 Å². The molecular weight excluding hydrogens is 218 g/mol. The van der Waals surface area contributed by atoms with Crippen LogP contribution in [0.3, 0.4) is 0 Å². The molecule has 0 unspecified atom stereocenters. The smallest absolute Gasteiger partial charge is 0.321 e. The van der Waals surface area contributed by atoms with E-state index in [1.54, 1.807) is 6.92 Å². The first-order chi connectivity index (χ1) is 8.25. The summed E-state index contributed by atoms with van der Waals surface area (Å²) in [6, 6.07) is 9.36. The number of amides is 2. The van der Waals surface area contributed by atoms with Gasteiger partial charge in [-0.3, -0.25) is 5.32 Å². The minimum Gasteiger partial charge on any atom is -0.427 e. The third-order valence-electron chi connectivity index (χ3n) is 2.27. The van der Waals surface area contributed by atoms with Crippen molar-refractivity contribution < 1.29 is 9.21 Å². The second-order valence-electron chi connectivity index (χ2n) is 3.56. The molecule has 17 heavy (non-hydrogen) atoms. The Labute approximate surface area is 98.9 Å². The van der Waals surface area contributed by atoms with Crippen molar-refractivity contribution in [2.45, 2.75) is 13.5 Å². The fourth-order valence-electron chi connectivity index (χ4n) is 1.35. The van der Waals surface area contributed by atoms with Crippen molar-refractivity contribution in [2.24, 2.45) is 0 Å². The standard InChI is InChI=1S/C12H13N3O2/c1-9-11(17-8-14-9)15-12(16)13-7-10-5-3-2-4-6-10/h2-6,8H,7H2,1H3,(H2,13,15,16). The van der Waals surface area contributed by atoms with Crippen molar-refractivity contribution in [3.05, 3.63) is 48.0 Å². The lowest BCUT2D eigenvalue weighted by molar-refractivity contribution is 0.251.